The van der Waals surface area contributed by atoms with Crippen LogP contribution in [-0.2, 0) is 19.4 Å². The lowest BCUT2D eigenvalue weighted by atomic mass is 9.98. The van der Waals surface area contributed by atoms with Gasteiger partial charge in [-0.05, 0) is 44.4 Å². The lowest BCUT2D eigenvalue weighted by molar-refractivity contribution is -0.144. The summed E-state index contributed by atoms with van der Waals surface area (Å²) in [6, 6.07) is 5.83. The first-order chi connectivity index (χ1) is 11.3. The average molecular weight is 353 g/mol. The molecule has 0 unspecified atom stereocenters. The van der Waals surface area contributed by atoms with E-state index in [1.165, 1.54) is 12.1 Å². The SMILES string of the molecule is CCOC(=O)C[C@@H]1CCCCN1C(=O)c1cccc(S(C)(=O)=O)c1. The summed E-state index contributed by atoms with van der Waals surface area (Å²) in [5.74, 6) is -0.554. The van der Waals surface area contributed by atoms with Gasteiger partial charge in [0.15, 0.2) is 9.84 Å². The molecule has 0 bridgehead atoms. The van der Waals surface area contributed by atoms with Crippen molar-refractivity contribution in [3.05, 3.63) is 29.8 Å². The molecule has 0 spiro atoms. The number of amides is 1. The zero-order chi connectivity index (χ0) is 17.7. The highest BCUT2D eigenvalue weighted by molar-refractivity contribution is 7.90. The van der Waals surface area contributed by atoms with E-state index in [9.17, 15) is 18.0 Å². The fraction of sp³-hybridized carbons (Fsp3) is 0.529. The topological polar surface area (TPSA) is 80.8 Å². The minimum absolute atomic E-state index is 0.118. The summed E-state index contributed by atoms with van der Waals surface area (Å²) in [7, 11) is -3.37. The maximum atomic E-state index is 12.8. The third-order valence-electron chi connectivity index (χ3n) is 4.10. The number of sulfone groups is 1. The van der Waals surface area contributed by atoms with Crippen molar-refractivity contribution in [2.75, 3.05) is 19.4 Å². The van der Waals surface area contributed by atoms with Gasteiger partial charge in [-0.15, -0.1) is 0 Å². The van der Waals surface area contributed by atoms with Crippen molar-refractivity contribution in [1.82, 2.24) is 4.90 Å². The number of rotatable bonds is 5. The molecule has 0 N–H and O–H groups in total. The maximum absolute atomic E-state index is 12.8. The molecule has 1 aliphatic heterocycles. The Morgan fingerprint density at radius 3 is 2.71 bits per heavy atom. The zero-order valence-corrected chi connectivity index (χ0v) is 14.8. The van der Waals surface area contributed by atoms with Crippen molar-refractivity contribution in [2.24, 2.45) is 0 Å². The van der Waals surface area contributed by atoms with Crippen molar-refractivity contribution >= 4 is 21.7 Å². The van der Waals surface area contributed by atoms with E-state index in [2.05, 4.69) is 0 Å². The summed E-state index contributed by atoms with van der Waals surface area (Å²) in [4.78, 5) is 26.4. The summed E-state index contributed by atoms with van der Waals surface area (Å²) in [5, 5.41) is 0. The molecule has 1 saturated heterocycles. The van der Waals surface area contributed by atoms with Crippen LogP contribution >= 0.6 is 0 Å². The first-order valence-corrected chi connectivity index (χ1v) is 9.98. The number of hydrogen-bond donors (Lipinski definition) is 0. The van der Waals surface area contributed by atoms with Gasteiger partial charge in [0.05, 0.1) is 17.9 Å². The molecule has 1 atom stereocenters. The molecule has 1 aliphatic rings. The Balaban J connectivity index is 2.21. The van der Waals surface area contributed by atoms with Crippen LogP contribution in [0.5, 0.6) is 0 Å². The number of nitrogens with zero attached hydrogens (tertiary/aromatic N) is 1. The highest BCUT2D eigenvalue weighted by atomic mass is 32.2. The molecule has 0 saturated carbocycles. The number of piperidine rings is 1. The monoisotopic (exact) mass is 353 g/mol. The van der Waals surface area contributed by atoms with Crippen LogP contribution in [0.2, 0.25) is 0 Å². The Kier molecular flexibility index (Phi) is 5.99. The van der Waals surface area contributed by atoms with Crippen LogP contribution in [0.3, 0.4) is 0 Å². The lowest BCUT2D eigenvalue weighted by Crippen LogP contribution is -2.45. The number of esters is 1. The van der Waals surface area contributed by atoms with E-state index in [4.69, 9.17) is 4.74 Å². The second-order valence-corrected chi connectivity index (χ2v) is 7.97. The number of carbonyl (C=O) groups excluding carboxylic acids is 2. The first kappa shape index (κ1) is 18.4. The van der Waals surface area contributed by atoms with Crippen molar-refractivity contribution in [1.29, 1.82) is 0 Å². The predicted molar refractivity (Wildman–Crippen MR) is 89.5 cm³/mol. The fourth-order valence-electron chi connectivity index (χ4n) is 2.92. The van der Waals surface area contributed by atoms with Crippen LogP contribution in [0.4, 0.5) is 0 Å². The molecule has 0 radical (unpaired) electrons. The number of carbonyl (C=O) groups is 2. The summed E-state index contributed by atoms with van der Waals surface area (Å²) in [6.07, 6.45) is 3.86. The third-order valence-corrected chi connectivity index (χ3v) is 5.21. The van der Waals surface area contributed by atoms with Gasteiger partial charge in [-0.2, -0.15) is 0 Å². The Bertz CT molecular complexity index is 713. The van der Waals surface area contributed by atoms with E-state index in [-0.39, 0.29) is 29.2 Å². The van der Waals surface area contributed by atoms with Crippen LogP contribution < -0.4 is 0 Å². The number of ether oxygens (including phenoxy) is 1. The normalized spacial score (nSPS) is 18.2. The molecule has 6 nitrogen and oxygen atoms in total. The van der Waals surface area contributed by atoms with Crippen molar-refractivity contribution in [3.63, 3.8) is 0 Å². The molecular formula is C17H23NO5S. The smallest absolute Gasteiger partial charge is 0.307 e. The molecule has 1 aromatic rings. The molecule has 1 amide bonds. The Morgan fingerprint density at radius 2 is 2.04 bits per heavy atom. The summed E-state index contributed by atoms with van der Waals surface area (Å²) in [6.45, 7) is 2.63. The second kappa shape index (κ2) is 7.79. The largest absolute Gasteiger partial charge is 0.466 e. The van der Waals surface area contributed by atoms with Gasteiger partial charge >= 0.3 is 5.97 Å². The molecule has 132 valence electrons. The van der Waals surface area contributed by atoms with Crippen LogP contribution in [0.1, 0.15) is 43.0 Å². The molecule has 7 heteroatoms. The van der Waals surface area contributed by atoms with Crippen LogP contribution in [0.25, 0.3) is 0 Å². The van der Waals surface area contributed by atoms with Gasteiger partial charge in [-0.25, -0.2) is 8.42 Å². The predicted octanol–water partition coefficient (Wildman–Crippen LogP) is 2.04. The molecule has 2 rings (SSSR count). The van der Waals surface area contributed by atoms with Gasteiger partial charge in [0.25, 0.3) is 5.91 Å². The van der Waals surface area contributed by atoms with Crippen molar-refractivity contribution in [3.8, 4) is 0 Å². The fourth-order valence-corrected chi connectivity index (χ4v) is 3.58. The summed E-state index contributed by atoms with van der Waals surface area (Å²) >= 11 is 0. The van der Waals surface area contributed by atoms with Crippen LogP contribution in [0.15, 0.2) is 29.2 Å². The van der Waals surface area contributed by atoms with Gasteiger partial charge in [0.1, 0.15) is 0 Å². The Hall–Kier alpha value is -1.89. The first-order valence-electron chi connectivity index (χ1n) is 8.09. The average Bonchev–Trinajstić information content (AvgIpc) is 2.54. The van der Waals surface area contributed by atoms with E-state index >= 15 is 0 Å². The molecule has 24 heavy (non-hydrogen) atoms. The van der Waals surface area contributed by atoms with Gasteiger partial charge in [-0.1, -0.05) is 6.07 Å². The van der Waals surface area contributed by atoms with E-state index in [1.807, 2.05) is 0 Å². The second-order valence-electron chi connectivity index (χ2n) is 5.96. The Morgan fingerprint density at radius 1 is 1.29 bits per heavy atom. The van der Waals surface area contributed by atoms with E-state index in [1.54, 1.807) is 24.0 Å². The molecule has 1 heterocycles. The summed E-state index contributed by atoms with van der Waals surface area (Å²) in [5.41, 5.74) is 0.327. The van der Waals surface area contributed by atoms with E-state index in [0.717, 1.165) is 25.5 Å². The van der Waals surface area contributed by atoms with Gasteiger partial charge in [0.2, 0.25) is 0 Å². The zero-order valence-electron chi connectivity index (χ0n) is 14.0. The van der Waals surface area contributed by atoms with E-state index < -0.39 is 9.84 Å². The van der Waals surface area contributed by atoms with Gasteiger partial charge in [-0.3, -0.25) is 9.59 Å². The minimum atomic E-state index is -3.37. The lowest BCUT2D eigenvalue weighted by Gasteiger charge is -2.35. The number of hydrogen-bond acceptors (Lipinski definition) is 5. The quantitative estimate of drug-likeness (QED) is 0.757. The molecule has 1 fully saturated rings. The molecular weight excluding hydrogens is 330 g/mol. The molecule has 0 aromatic heterocycles. The maximum Gasteiger partial charge on any atom is 0.307 e. The van der Waals surface area contributed by atoms with E-state index in [0.29, 0.717) is 18.7 Å². The van der Waals surface area contributed by atoms with Gasteiger partial charge in [0, 0.05) is 24.4 Å². The number of benzene rings is 1. The third kappa shape index (κ3) is 4.56. The van der Waals surface area contributed by atoms with Crippen LogP contribution in [0, 0.1) is 0 Å². The summed E-state index contributed by atoms with van der Waals surface area (Å²) < 4.78 is 28.3. The van der Waals surface area contributed by atoms with Crippen molar-refractivity contribution < 1.29 is 22.7 Å². The van der Waals surface area contributed by atoms with Crippen LogP contribution in [-0.4, -0.2) is 50.6 Å². The number of likely N-dealkylation sites (tertiary alicyclic amines) is 1. The van der Waals surface area contributed by atoms with Crippen molar-refractivity contribution in [2.45, 2.75) is 43.5 Å². The molecule has 1 aromatic carbocycles. The minimum Gasteiger partial charge on any atom is -0.466 e. The molecule has 0 aliphatic carbocycles. The van der Waals surface area contributed by atoms with Gasteiger partial charge < -0.3 is 9.64 Å². The highest BCUT2D eigenvalue weighted by Crippen LogP contribution is 2.23. The standard InChI is InChI=1S/C17H23NO5S/c1-3-23-16(19)12-14-8-4-5-10-18(14)17(20)13-7-6-9-15(11-13)24(2,21)22/h6-7,9,11,14H,3-5,8,10,12H2,1-2H3/t14-/m0/s1. The highest BCUT2D eigenvalue weighted by Gasteiger charge is 2.30. The Labute approximate surface area is 142 Å².